The Morgan fingerprint density at radius 3 is 2.95 bits per heavy atom. The molecule has 0 aromatic carbocycles. The fourth-order valence-corrected chi connectivity index (χ4v) is 4.54. The Balaban J connectivity index is 1.44. The molecule has 1 aromatic rings. The average molecular weight is 290 g/mol. The summed E-state index contributed by atoms with van der Waals surface area (Å²) >= 11 is 0. The summed E-state index contributed by atoms with van der Waals surface area (Å²) in [6.07, 6.45) is 7.92. The van der Waals surface area contributed by atoms with Gasteiger partial charge in [-0.3, -0.25) is 0 Å². The molecule has 2 saturated carbocycles. The SMILES string of the molecule is CCOC1CC(NC(C)c2nnc3n2CCC3)C12CCC2. The molecular formula is C16H26N4O. The summed E-state index contributed by atoms with van der Waals surface area (Å²) in [5, 5.41) is 12.6. The summed E-state index contributed by atoms with van der Waals surface area (Å²) in [6.45, 7) is 6.26. The quantitative estimate of drug-likeness (QED) is 0.903. The first-order valence-electron chi connectivity index (χ1n) is 8.54. The van der Waals surface area contributed by atoms with Crippen LogP contribution in [0.2, 0.25) is 0 Å². The second-order valence-corrected chi connectivity index (χ2v) is 6.94. The highest BCUT2D eigenvalue weighted by atomic mass is 16.5. The van der Waals surface area contributed by atoms with Crippen molar-refractivity contribution in [1.29, 1.82) is 0 Å². The van der Waals surface area contributed by atoms with Crippen LogP contribution in [0.1, 0.15) is 63.6 Å². The van der Waals surface area contributed by atoms with Gasteiger partial charge >= 0.3 is 0 Å². The number of hydrogen-bond donors (Lipinski definition) is 1. The zero-order valence-corrected chi connectivity index (χ0v) is 13.1. The van der Waals surface area contributed by atoms with Crippen LogP contribution >= 0.6 is 0 Å². The fraction of sp³-hybridized carbons (Fsp3) is 0.875. The molecule has 1 aromatic heterocycles. The van der Waals surface area contributed by atoms with Gasteiger partial charge in [0.2, 0.25) is 0 Å². The minimum absolute atomic E-state index is 0.286. The van der Waals surface area contributed by atoms with Gasteiger partial charge in [0.05, 0.1) is 12.1 Å². The van der Waals surface area contributed by atoms with Crippen LogP contribution in [0.15, 0.2) is 0 Å². The summed E-state index contributed by atoms with van der Waals surface area (Å²) in [6, 6.07) is 0.876. The molecule has 3 aliphatic rings. The third-order valence-electron chi connectivity index (χ3n) is 5.91. The van der Waals surface area contributed by atoms with Gasteiger partial charge in [-0.1, -0.05) is 6.42 Å². The second kappa shape index (κ2) is 5.06. The van der Waals surface area contributed by atoms with Crippen LogP contribution in [0.25, 0.3) is 0 Å². The van der Waals surface area contributed by atoms with Gasteiger partial charge in [-0.05, 0) is 39.5 Å². The van der Waals surface area contributed by atoms with E-state index in [0.717, 1.165) is 37.6 Å². The maximum atomic E-state index is 5.94. The maximum absolute atomic E-state index is 5.94. The van der Waals surface area contributed by atoms with Gasteiger partial charge in [-0.2, -0.15) is 0 Å². The predicted molar refractivity (Wildman–Crippen MR) is 80.0 cm³/mol. The fourth-order valence-electron chi connectivity index (χ4n) is 4.54. The molecule has 1 aliphatic heterocycles. The van der Waals surface area contributed by atoms with Gasteiger partial charge in [0.1, 0.15) is 11.6 Å². The molecule has 2 heterocycles. The topological polar surface area (TPSA) is 52.0 Å². The molecule has 5 heteroatoms. The molecule has 2 aliphatic carbocycles. The number of nitrogens with one attached hydrogen (secondary N) is 1. The monoisotopic (exact) mass is 290 g/mol. The van der Waals surface area contributed by atoms with Crippen molar-refractivity contribution in [1.82, 2.24) is 20.1 Å². The third-order valence-corrected chi connectivity index (χ3v) is 5.91. The van der Waals surface area contributed by atoms with E-state index in [0.29, 0.717) is 17.6 Å². The Bertz CT molecular complexity index is 522. The molecule has 0 saturated heterocycles. The summed E-state index contributed by atoms with van der Waals surface area (Å²) in [5.74, 6) is 2.29. The van der Waals surface area contributed by atoms with Gasteiger partial charge in [-0.25, -0.2) is 0 Å². The highest BCUT2D eigenvalue weighted by Crippen LogP contribution is 2.57. The van der Waals surface area contributed by atoms with Crippen molar-refractivity contribution in [2.45, 2.75) is 77.1 Å². The number of ether oxygens (including phenoxy) is 1. The normalized spacial score (nSPS) is 30.8. The first-order valence-corrected chi connectivity index (χ1v) is 8.54. The summed E-state index contributed by atoms with van der Waals surface area (Å²) in [5.41, 5.74) is 0.415. The maximum Gasteiger partial charge on any atom is 0.149 e. The van der Waals surface area contributed by atoms with Crippen LogP contribution in [0, 0.1) is 5.41 Å². The first-order chi connectivity index (χ1) is 10.2. The minimum atomic E-state index is 0.286. The van der Waals surface area contributed by atoms with E-state index in [9.17, 15) is 0 Å². The van der Waals surface area contributed by atoms with E-state index in [1.54, 1.807) is 0 Å². The van der Waals surface area contributed by atoms with Crippen LogP contribution in [0.5, 0.6) is 0 Å². The second-order valence-electron chi connectivity index (χ2n) is 6.94. The molecule has 0 radical (unpaired) electrons. The molecular weight excluding hydrogens is 264 g/mol. The molecule has 3 unspecified atom stereocenters. The summed E-state index contributed by atoms with van der Waals surface area (Å²) in [7, 11) is 0. The molecule has 2 fully saturated rings. The van der Waals surface area contributed by atoms with Crippen molar-refractivity contribution in [3.05, 3.63) is 11.6 Å². The number of aryl methyl sites for hydroxylation is 1. The van der Waals surface area contributed by atoms with E-state index in [4.69, 9.17) is 4.74 Å². The Kier molecular flexibility index (Phi) is 3.30. The predicted octanol–water partition coefficient (Wildman–Crippen LogP) is 2.22. The van der Waals surface area contributed by atoms with Crippen LogP contribution < -0.4 is 5.32 Å². The largest absolute Gasteiger partial charge is 0.378 e. The van der Waals surface area contributed by atoms with Crippen LogP contribution in [0.4, 0.5) is 0 Å². The summed E-state index contributed by atoms with van der Waals surface area (Å²) < 4.78 is 8.25. The minimum Gasteiger partial charge on any atom is -0.378 e. The van der Waals surface area contributed by atoms with Crippen LogP contribution in [-0.2, 0) is 17.7 Å². The highest BCUT2D eigenvalue weighted by Gasteiger charge is 2.59. The first kappa shape index (κ1) is 13.7. The van der Waals surface area contributed by atoms with E-state index in [1.807, 2.05) is 0 Å². The molecule has 4 rings (SSSR count). The molecule has 1 N–H and O–H groups in total. The Morgan fingerprint density at radius 2 is 2.24 bits per heavy atom. The molecule has 21 heavy (non-hydrogen) atoms. The van der Waals surface area contributed by atoms with Crippen molar-refractivity contribution < 1.29 is 4.74 Å². The highest BCUT2D eigenvalue weighted by molar-refractivity contribution is 5.14. The molecule has 0 bridgehead atoms. The van der Waals surface area contributed by atoms with E-state index >= 15 is 0 Å². The number of aromatic nitrogens is 3. The van der Waals surface area contributed by atoms with Crippen molar-refractivity contribution in [3.63, 3.8) is 0 Å². The van der Waals surface area contributed by atoms with Gasteiger partial charge in [0, 0.05) is 31.0 Å². The number of nitrogens with zero attached hydrogens (tertiary/aromatic N) is 3. The Hall–Kier alpha value is -0.940. The average Bonchev–Trinajstić information content (AvgIpc) is 2.97. The van der Waals surface area contributed by atoms with Gasteiger partial charge in [-0.15, -0.1) is 10.2 Å². The number of fused-ring (bicyclic) bond motifs is 1. The Labute approximate surface area is 126 Å². The van der Waals surface area contributed by atoms with Crippen LogP contribution in [-0.4, -0.2) is 33.5 Å². The number of hydrogen-bond acceptors (Lipinski definition) is 4. The van der Waals surface area contributed by atoms with Gasteiger partial charge in [0.15, 0.2) is 0 Å². The third kappa shape index (κ3) is 1.97. The van der Waals surface area contributed by atoms with Crippen molar-refractivity contribution in [2.24, 2.45) is 5.41 Å². The standard InChI is InChI=1S/C16H26N4O/c1-3-21-13-10-12(16(13)7-5-8-16)17-11(2)15-19-18-14-6-4-9-20(14)15/h11-13,17H,3-10H2,1-2H3. The van der Waals surface area contributed by atoms with Crippen molar-refractivity contribution in [2.75, 3.05) is 6.61 Å². The van der Waals surface area contributed by atoms with Crippen LogP contribution in [0.3, 0.4) is 0 Å². The van der Waals surface area contributed by atoms with Crippen molar-refractivity contribution >= 4 is 0 Å². The lowest BCUT2D eigenvalue weighted by molar-refractivity contribution is -0.174. The smallest absolute Gasteiger partial charge is 0.149 e. The Morgan fingerprint density at radius 1 is 1.38 bits per heavy atom. The van der Waals surface area contributed by atoms with E-state index < -0.39 is 0 Å². The molecule has 3 atom stereocenters. The van der Waals surface area contributed by atoms with Crippen molar-refractivity contribution in [3.8, 4) is 0 Å². The molecule has 5 nitrogen and oxygen atoms in total. The van der Waals surface area contributed by atoms with Gasteiger partial charge < -0.3 is 14.6 Å². The van der Waals surface area contributed by atoms with Gasteiger partial charge in [0.25, 0.3) is 0 Å². The molecule has 116 valence electrons. The van der Waals surface area contributed by atoms with E-state index in [2.05, 4.69) is 33.9 Å². The zero-order valence-electron chi connectivity index (χ0n) is 13.1. The molecule has 1 spiro atoms. The zero-order chi connectivity index (χ0) is 14.4. The van der Waals surface area contributed by atoms with E-state index in [1.165, 1.54) is 25.7 Å². The summed E-state index contributed by atoms with van der Waals surface area (Å²) in [4.78, 5) is 0. The lowest BCUT2D eigenvalue weighted by Crippen LogP contribution is -2.67. The van der Waals surface area contributed by atoms with E-state index in [-0.39, 0.29) is 6.04 Å². The lowest BCUT2D eigenvalue weighted by atomic mass is 9.51. The molecule has 0 amide bonds. The number of rotatable bonds is 5. The lowest BCUT2D eigenvalue weighted by Gasteiger charge is -2.61.